The molecule has 0 bridgehead atoms. The van der Waals surface area contributed by atoms with Crippen LogP contribution in [0, 0.1) is 4.91 Å². The minimum atomic E-state index is -0.515. The molecule has 1 N–H and O–H groups in total. The van der Waals surface area contributed by atoms with Crippen molar-refractivity contribution in [2.24, 2.45) is 5.29 Å². The van der Waals surface area contributed by atoms with Gasteiger partial charge in [0.25, 0.3) is 0 Å². The molecular formula is C10H15N3O2. The standard InChI is InChI=1S/C10H15N3O2/c1-13(12-15)7-3-5-10(14)9-4-2-6-11-8-9/h2,4,6,8,10,14H,3,5,7H2,1H3/t10-/m0/s1. The Labute approximate surface area is 88.7 Å². The van der Waals surface area contributed by atoms with E-state index in [-0.39, 0.29) is 0 Å². The first-order valence-electron chi connectivity index (χ1n) is 4.86. The highest BCUT2D eigenvalue weighted by Gasteiger charge is 2.07. The lowest BCUT2D eigenvalue weighted by Crippen LogP contribution is -2.12. The van der Waals surface area contributed by atoms with Crippen LogP contribution < -0.4 is 0 Å². The molecule has 1 atom stereocenters. The fraction of sp³-hybridized carbons (Fsp3) is 0.500. The highest BCUT2D eigenvalue weighted by molar-refractivity contribution is 5.11. The van der Waals surface area contributed by atoms with Crippen LogP contribution in [0.15, 0.2) is 29.8 Å². The van der Waals surface area contributed by atoms with Crippen LogP contribution in [-0.4, -0.2) is 28.7 Å². The maximum Gasteiger partial charge on any atom is 0.0805 e. The number of hydrogen-bond donors (Lipinski definition) is 1. The highest BCUT2D eigenvalue weighted by Crippen LogP contribution is 2.16. The molecule has 0 fully saturated rings. The summed E-state index contributed by atoms with van der Waals surface area (Å²) in [5.74, 6) is 0. The van der Waals surface area contributed by atoms with E-state index in [0.29, 0.717) is 13.0 Å². The molecule has 5 heteroatoms. The molecule has 82 valence electrons. The molecule has 0 aliphatic rings. The molecule has 1 aromatic rings. The molecule has 5 nitrogen and oxygen atoms in total. The van der Waals surface area contributed by atoms with Crippen molar-refractivity contribution in [2.45, 2.75) is 18.9 Å². The maximum absolute atomic E-state index is 10.1. The van der Waals surface area contributed by atoms with Crippen molar-refractivity contribution in [3.63, 3.8) is 0 Å². The van der Waals surface area contributed by atoms with Crippen molar-refractivity contribution in [1.29, 1.82) is 0 Å². The number of pyridine rings is 1. The number of nitroso groups, excluding NO2 is 1. The Morgan fingerprint density at radius 3 is 3.07 bits per heavy atom. The molecule has 1 rings (SSSR count). The van der Waals surface area contributed by atoms with Crippen LogP contribution in [0.4, 0.5) is 0 Å². The normalized spacial score (nSPS) is 12.1. The fourth-order valence-electron chi connectivity index (χ4n) is 1.29. The van der Waals surface area contributed by atoms with Crippen molar-refractivity contribution in [3.8, 4) is 0 Å². The van der Waals surface area contributed by atoms with Crippen molar-refractivity contribution in [2.75, 3.05) is 13.6 Å². The second-order valence-electron chi connectivity index (χ2n) is 3.41. The van der Waals surface area contributed by atoms with E-state index in [0.717, 1.165) is 12.0 Å². The Morgan fingerprint density at radius 1 is 1.67 bits per heavy atom. The predicted molar refractivity (Wildman–Crippen MR) is 56.9 cm³/mol. The lowest BCUT2D eigenvalue weighted by molar-refractivity contribution is 0.158. The van der Waals surface area contributed by atoms with E-state index in [2.05, 4.69) is 10.3 Å². The quantitative estimate of drug-likeness (QED) is 0.569. The monoisotopic (exact) mass is 209 g/mol. The van der Waals surface area contributed by atoms with Crippen LogP contribution >= 0.6 is 0 Å². The fourth-order valence-corrected chi connectivity index (χ4v) is 1.29. The van der Waals surface area contributed by atoms with E-state index in [1.807, 2.05) is 6.07 Å². The van der Waals surface area contributed by atoms with Gasteiger partial charge in [-0.15, -0.1) is 4.91 Å². The van der Waals surface area contributed by atoms with E-state index in [1.165, 1.54) is 5.01 Å². The van der Waals surface area contributed by atoms with Crippen molar-refractivity contribution >= 4 is 0 Å². The van der Waals surface area contributed by atoms with Crippen molar-refractivity contribution in [3.05, 3.63) is 35.0 Å². The maximum atomic E-state index is 10.1. The lowest BCUT2D eigenvalue weighted by atomic mass is 10.1. The van der Waals surface area contributed by atoms with E-state index < -0.39 is 6.10 Å². The van der Waals surface area contributed by atoms with Gasteiger partial charge in [0.1, 0.15) is 0 Å². The zero-order valence-electron chi connectivity index (χ0n) is 8.71. The summed E-state index contributed by atoms with van der Waals surface area (Å²) in [6.45, 7) is 0.556. The summed E-state index contributed by atoms with van der Waals surface area (Å²) < 4.78 is 0. The summed E-state index contributed by atoms with van der Waals surface area (Å²) >= 11 is 0. The van der Waals surface area contributed by atoms with Gasteiger partial charge in [-0.1, -0.05) is 6.07 Å². The minimum absolute atomic E-state index is 0.515. The van der Waals surface area contributed by atoms with Crippen LogP contribution in [0.1, 0.15) is 24.5 Å². The molecule has 1 aromatic heterocycles. The summed E-state index contributed by atoms with van der Waals surface area (Å²) in [5.41, 5.74) is 0.805. The van der Waals surface area contributed by atoms with Gasteiger partial charge >= 0.3 is 0 Å². The summed E-state index contributed by atoms with van der Waals surface area (Å²) in [6.07, 6.45) is 4.12. The Hall–Kier alpha value is -1.49. The smallest absolute Gasteiger partial charge is 0.0805 e. The average Bonchev–Trinajstić information content (AvgIpc) is 2.29. The SMILES string of the molecule is CN(CCC[C@H](O)c1cccnc1)N=O. The van der Waals surface area contributed by atoms with Crippen LogP contribution in [-0.2, 0) is 0 Å². The molecule has 0 spiro atoms. The summed E-state index contributed by atoms with van der Waals surface area (Å²) in [5, 5.41) is 13.8. The molecule has 0 unspecified atom stereocenters. The largest absolute Gasteiger partial charge is 0.388 e. The number of aliphatic hydroxyl groups is 1. The molecule has 0 aliphatic heterocycles. The van der Waals surface area contributed by atoms with E-state index in [4.69, 9.17) is 0 Å². The number of aromatic nitrogens is 1. The zero-order chi connectivity index (χ0) is 11.1. The third-order valence-electron chi connectivity index (χ3n) is 2.17. The third kappa shape index (κ3) is 4.03. The van der Waals surface area contributed by atoms with Gasteiger partial charge in [-0.25, -0.2) is 0 Å². The Bertz CT molecular complexity index is 292. The molecular weight excluding hydrogens is 194 g/mol. The average molecular weight is 209 g/mol. The molecule has 0 saturated heterocycles. The summed E-state index contributed by atoms with van der Waals surface area (Å²) in [6, 6.07) is 3.62. The molecule has 0 aromatic carbocycles. The van der Waals surface area contributed by atoms with E-state index in [1.54, 1.807) is 25.5 Å². The number of hydrogen-bond acceptors (Lipinski definition) is 4. The molecule has 1 heterocycles. The van der Waals surface area contributed by atoms with Gasteiger partial charge in [-0.05, 0) is 24.5 Å². The molecule has 0 radical (unpaired) electrons. The number of aliphatic hydroxyl groups excluding tert-OH is 1. The Morgan fingerprint density at radius 2 is 2.47 bits per heavy atom. The van der Waals surface area contributed by atoms with Gasteiger partial charge in [-0.3, -0.25) is 9.99 Å². The zero-order valence-corrected chi connectivity index (χ0v) is 8.71. The minimum Gasteiger partial charge on any atom is -0.388 e. The first kappa shape index (κ1) is 11.6. The molecule has 0 aliphatic carbocycles. The van der Waals surface area contributed by atoms with E-state index in [9.17, 15) is 10.0 Å². The first-order chi connectivity index (χ1) is 7.24. The van der Waals surface area contributed by atoms with Gasteiger partial charge < -0.3 is 5.11 Å². The lowest BCUT2D eigenvalue weighted by Gasteiger charge is -2.12. The second kappa shape index (κ2) is 6.08. The number of nitrogens with zero attached hydrogens (tertiary/aromatic N) is 3. The molecule has 0 saturated carbocycles. The van der Waals surface area contributed by atoms with Crippen LogP contribution in [0.3, 0.4) is 0 Å². The summed E-state index contributed by atoms with van der Waals surface area (Å²) in [4.78, 5) is 14.0. The Balaban J connectivity index is 2.31. The highest BCUT2D eigenvalue weighted by atomic mass is 16.3. The van der Waals surface area contributed by atoms with Crippen LogP contribution in [0.5, 0.6) is 0 Å². The predicted octanol–water partition coefficient (Wildman–Crippen LogP) is 1.51. The van der Waals surface area contributed by atoms with Gasteiger partial charge in [0.2, 0.25) is 0 Å². The second-order valence-corrected chi connectivity index (χ2v) is 3.41. The van der Waals surface area contributed by atoms with Gasteiger partial charge in [0, 0.05) is 26.0 Å². The van der Waals surface area contributed by atoms with Crippen molar-refractivity contribution < 1.29 is 5.11 Å². The van der Waals surface area contributed by atoms with Gasteiger partial charge in [0.15, 0.2) is 0 Å². The Kier molecular flexibility index (Phi) is 4.70. The topological polar surface area (TPSA) is 65.8 Å². The van der Waals surface area contributed by atoms with Crippen LogP contribution in [0.25, 0.3) is 0 Å². The third-order valence-corrected chi connectivity index (χ3v) is 2.17. The number of rotatable bonds is 6. The van der Waals surface area contributed by atoms with Gasteiger partial charge in [-0.2, -0.15) is 0 Å². The summed E-state index contributed by atoms with van der Waals surface area (Å²) in [7, 11) is 1.61. The van der Waals surface area contributed by atoms with E-state index >= 15 is 0 Å². The van der Waals surface area contributed by atoms with Crippen LogP contribution in [0.2, 0.25) is 0 Å². The van der Waals surface area contributed by atoms with Gasteiger partial charge in [0.05, 0.1) is 11.4 Å². The molecule has 15 heavy (non-hydrogen) atoms. The van der Waals surface area contributed by atoms with Crippen molar-refractivity contribution in [1.82, 2.24) is 9.99 Å². The molecule has 0 amide bonds. The first-order valence-corrected chi connectivity index (χ1v) is 4.86.